The summed E-state index contributed by atoms with van der Waals surface area (Å²) in [5.74, 6) is 1.27. The lowest BCUT2D eigenvalue weighted by Crippen LogP contribution is -2.39. The second-order valence-electron chi connectivity index (χ2n) is 6.23. The predicted octanol–water partition coefficient (Wildman–Crippen LogP) is -0.747. The number of rotatable bonds is 2. The molecular weight excluding hydrogens is 256 g/mol. The zero-order valence-corrected chi connectivity index (χ0v) is 12.1. The smallest absolute Gasteiger partial charge is 0.327 e. The molecule has 3 rings (SSSR count). The fourth-order valence-corrected chi connectivity index (χ4v) is 3.69. The Hall–Kier alpha value is -1.40. The summed E-state index contributed by atoms with van der Waals surface area (Å²) in [6.45, 7) is 2.67. The Labute approximate surface area is 117 Å². The predicted molar refractivity (Wildman–Crippen MR) is 76.4 cm³/mol. The van der Waals surface area contributed by atoms with Crippen LogP contribution < -0.4 is 17.0 Å². The highest BCUT2D eigenvalue weighted by atomic mass is 16.2. The van der Waals surface area contributed by atoms with Crippen LogP contribution in [-0.4, -0.2) is 33.2 Å². The fourth-order valence-electron chi connectivity index (χ4n) is 3.69. The highest BCUT2D eigenvalue weighted by Gasteiger charge is 2.40. The van der Waals surface area contributed by atoms with E-state index in [4.69, 9.17) is 5.73 Å². The maximum absolute atomic E-state index is 11.9. The van der Waals surface area contributed by atoms with E-state index in [-0.39, 0.29) is 11.2 Å². The first-order valence-electron chi connectivity index (χ1n) is 7.21. The van der Waals surface area contributed by atoms with Crippen molar-refractivity contribution in [1.82, 2.24) is 14.0 Å². The summed E-state index contributed by atoms with van der Waals surface area (Å²) in [7, 11) is 3.23. The van der Waals surface area contributed by atoms with Gasteiger partial charge < -0.3 is 5.73 Å². The van der Waals surface area contributed by atoms with E-state index in [1.54, 1.807) is 17.7 Å². The van der Waals surface area contributed by atoms with Crippen LogP contribution >= 0.6 is 0 Å². The van der Waals surface area contributed by atoms with Gasteiger partial charge in [0, 0.05) is 51.5 Å². The summed E-state index contributed by atoms with van der Waals surface area (Å²) < 4.78 is 2.70. The summed E-state index contributed by atoms with van der Waals surface area (Å²) in [6, 6.07) is 1.88. The molecule has 3 unspecified atom stereocenters. The van der Waals surface area contributed by atoms with Crippen molar-refractivity contribution < 1.29 is 0 Å². The number of fused-ring (bicyclic) bond motifs is 1. The minimum absolute atomic E-state index is 0.237. The maximum atomic E-state index is 11.9. The number of nitrogens with two attached hydrogens (primary N) is 1. The minimum Gasteiger partial charge on any atom is -0.327 e. The first-order chi connectivity index (χ1) is 9.47. The molecule has 1 aliphatic carbocycles. The number of aromatic nitrogens is 2. The Morgan fingerprint density at radius 3 is 2.65 bits per heavy atom. The van der Waals surface area contributed by atoms with Gasteiger partial charge in [0.05, 0.1) is 0 Å². The summed E-state index contributed by atoms with van der Waals surface area (Å²) >= 11 is 0. The van der Waals surface area contributed by atoms with Crippen LogP contribution in [0, 0.1) is 11.8 Å². The van der Waals surface area contributed by atoms with Crippen LogP contribution in [0.25, 0.3) is 0 Å². The van der Waals surface area contributed by atoms with Crippen molar-refractivity contribution in [3.63, 3.8) is 0 Å². The monoisotopic (exact) mass is 278 g/mol. The molecule has 1 saturated carbocycles. The molecule has 1 aromatic rings. The van der Waals surface area contributed by atoms with Crippen LogP contribution in [0.2, 0.25) is 0 Å². The van der Waals surface area contributed by atoms with Crippen molar-refractivity contribution >= 4 is 0 Å². The Balaban J connectivity index is 1.80. The third-order valence-electron chi connectivity index (χ3n) is 5.00. The Kier molecular flexibility index (Phi) is 3.30. The van der Waals surface area contributed by atoms with Gasteiger partial charge in [0.25, 0.3) is 5.56 Å². The quantitative estimate of drug-likeness (QED) is 0.773. The lowest BCUT2D eigenvalue weighted by Gasteiger charge is -2.19. The van der Waals surface area contributed by atoms with Crippen LogP contribution in [0.5, 0.6) is 0 Å². The molecule has 2 fully saturated rings. The zero-order chi connectivity index (χ0) is 14.4. The average Bonchev–Trinajstić information content (AvgIpc) is 2.96. The van der Waals surface area contributed by atoms with E-state index >= 15 is 0 Å². The van der Waals surface area contributed by atoms with Gasteiger partial charge >= 0.3 is 5.69 Å². The Morgan fingerprint density at radius 2 is 1.95 bits per heavy atom. The van der Waals surface area contributed by atoms with E-state index in [1.807, 2.05) is 0 Å². The topological polar surface area (TPSA) is 73.3 Å². The molecule has 110 valence electrons. The molecule has 0 bridgehead atoms. The molecule has 20 heavy (non-hydrogen) atoms. The van der Waals surface area contributed by atoms with E-state index in [0.717, 1.165) is 29.8 Å². The summed E-state index contributed by atoms with van der Waals surface area (Å²) in [5.41, 5.74) is 6.42. The fraction of sp³-hybridized carbons (Fsp3) is 0.714. The molecule has 0 radical (unpaired) electrons. The van der Waals surface area contributed by atoms with Crippen molar-refractivity contribution in [2.45, 2.75) is 25.4 Å². The average molecular weight is 278 g/mol. The number of likely N-dealkylation sites (tertiary alicyclic amines) is 1. The first-order valence-corrected chi connectivity index (χ1v) is 7.21. The number of hydrogen-bond acceptors (Lipinski definition) is 4. The van der Waals surface area contributed by atoms with Crippen molar-refractivity contribution in [2.24, 2.45) is 31.7 Å². The van der Waals surface area contributed by atoms with Gasteiger partial charge in [0.2, 0.25) is 0 Å². The Morgan fingerprint density at radius 1 is 1.20 bits per heavy atom. The van der Waals surface area contributed by atoms with Gasteiger partial charge in [-0.3, -0.25) is 18.8 Å². The molecule has 1 aromatic heterocycles. The van der Waals surface area contributed by atoms with E-state index in [0.29, 0.717) is 24.4 Å². The van der Waals surface area contributed by atoms with Crippen LogP contribution in [0.3, 0.4) is 0 Å². The van der Waals surface area contributed by atoms with Crippen LogP contribution in [0.1, 0.15) is 18.5 Å². The molecule has 0 spiro atoms. The van der Waals surface area contributed by atoms with Crippen LogP contribution in [0.15, 0.2) is 15.7 Å². The molecule has 2 heterocycles. The van der Waals surface area contributed by atoms with Gasteiger partial charge in [-0.25, -0.2) is 4.79 Å². The third-order valence-corrected chi connectivity index (χ3v) is 5.00. The highest BCUT2D eigenvalue weighted by molar-refractivity contribution is 5.04. The van der Waals surface area contributed by atoms with Crippen molar-refractivity contribution in [3.05, 3.63) is 32.6 Å². The van der Waals surface area contributed by atoms with E-state index in [2.05, 4.69) is 4.90 Å². The molecule has 0 amide bonds. The highest BCUT2D eigenvalue weighted by Crippen LogP contribution is 2.37. The molecule has 6 nitrogen and oxygen atoms in total. The van der Waals surface area contributed by atoms with Crippen molar-refractivity contribution in [2.75, 3.05) is 13.1 Å². The summed E-state index contributed by atoms with van der Waals surface area (Å²) in [4.78, 5) is 26.0. The van der Waals surface area contributed by atoms with Crippen LogP contribution in [0.4, 0.5) is 0 Å². The number of hydrogen-bond donors (Lipinski definition) is 1. The van der Waals surface area contributed by atoms with Gasteiger partial charge in [-0.1, -0.05) is 0 Å². The lowest BCUT2D eigenvalue weighted by molar-refractivity contribution is 0.289. The normalized spacial score (nSPS) is 29.9. The van der Waals surface area contributed by atoms with Crippen LogP contribution in [-0.2, 0) is 20.6 Å². The van der Waals surface area contributed by atoms with Gasteiger partial charge in [0.1, 0.15) is 0 Å². The number of nitrogens with zero attached hydrogens (tertiary/aromatic N) is 3. The van der Waals surface area contributed by atoms with Crippen molar-refractivity contribution in [3.8, 4) is 0 Å². The molecule has 1 saturated heterocycles. The van der Waals surface area contributed by atoms with E-state index < -0.39 is 0 Å². The van der Waals surface area contributed by atoms with Gasteiger partial charge in [-0.05, 0) is 24.7 Å². The molecule has 6 heteroatoms. The van der Waals surface area contributed by atoms with Gasteiger partial charge in [-0.15, -0.1) is 0 Å². The Bertz CT molecular complexity index is 633. The van der Waals surface area contributed by atoms with E-state index in [9.17, 15) is 9.59 Å². The molecular formula is C14H22N4O2. The summed E-state index contributed by atoms with van der Waals surface area (Å²) in [5, 5.41) is 0. The molecule has 2 aliphatic rings. The molecule has 2 N–H and O–H groups in total. The molecule has 0 aromatic carbocycles. The lowest BCUT2D eigenvalue weighted by atomic mass is 9.98. The first kappa shape index (κ1) is 13.6. The maximum Gasteiger partial charge on any atom is 0.330 e. The van der Waals surface area contributed by atoms with Gasteiger partial charge in [0.15, 0.2) is 0 Å². The largest absolute Gasteiger partial charge is 0.330 e. The SMILES string of the molecule is Cn1c(CN2CC3CCC(N)C3C2)cc(=O)n(C)c1=O. The van der Waals surface area contributed by atoms with E-state index in [1.165, 1.54) is 13.5 Å². The van der Waals surface area contributed by atoms with Crippen molar-refractivity contribution in [1.29, 1.82) is 0 Å². The second-order valence-corrected chi connectivity index (χ2v) is 6.23. The minimum atomic E-state index is -0.261. The zero-order valence-electron chi connectivity index (χ0n) is 12.1. The molecule has 1 aliphatic heterocycles. The molecule has 3 atom stereocenters. The standard InChI is InChI=1S/C14H22N4O2/c1-16-10(5-13(19)17(2)14(16)20)7-18-6-9-3-4-12(15)11(9)8-18/h5,9,11-12H,3-4,6-8,15H2,1-2H3. The third kappa shape index (κ3) is 2.13. The summed E-state index contributed by atoms with van der Waals surface area (Å²) in [6.07, 6.45) is 2.34. The second kappa shape index (κ2) is 4.86. The van der Waals surface area contributed by atoms with Gasteiger partial charge in [-0.2, -0.15) is 0 Å².